The molecule has 0 saturated heterocycles. The molecule has 0 fully saturated rings. The number of hydrogen-bond donors (Lipinski definition) is 0. The van der Waals surface area contributed by atoms with Crippen LogP contribution in [0.5, 0.6) is 0 Å². The number of hydrogen-bond acceptors (Lipinski definition) is 2. The Morgan fingerprint density at radius 1 is 1.05 bits per heavy atom. The summed E-state index contributed by atoms with van der Waals surface area (Å²) in [6.07, 6.45) is 0. The van der Waals surface area contributed by atoms with E-state index in [1.54, 1.807) is 6.92 Å². The Morgan fingerprint density at radius 3 is 2.16 bits per heavy atom. The summed E-state index contributed by atoms with van der Waals surface area (Å²) in [6, 6.07) is 19.2. The monoisotopic (exact) mass is 318 g/mol. The first-order chi connectivity index (χ1) is 9.10. The minimum Gasteiger partial charge on any atom is -0.460 e. The summed E-state index contributed by atoms with van der Waals surface area (Å²) in [5, 5.41) is 0. The Balaban J connectivity index is 2.03. The molecule has 0 heterocycles. The predicted octanol–water partition coefficient (Wildman–Crippen LogP) is 4.04. The van der Waals surface area contributed by atoms with E-state index in [1.807, 2.05) is 60.7 Å². The second-order valence-electron chi connectivity index (χ2n) is 4.43. The van der Waals surface area contributed by atoms with Gasteiger partial charge in [-0.15, -0.1) is 0 Å². The van der Waals surface area contributed by atoms with Crippen LogP contribution in [0.3, 0.4) is 0 Å². The van der Waals surface area contributed by atoms with E-state index in [4.69, 9.17) is 4.74 Å². The van der Waals surface area contributed by atoms with E-state index < -0.39 is 4.32 Å². The van der Waals surface area contributed by atoms with Crippen molar-refractivity contribution in [3.63, 3.8) is 0 Å². The van der Waals surface area contributed by atoms with Gasteiger partial charge in [-0.05, 0) is 18.1 Å². The number of alkyl halides is 1. The van der Waals surface area contributed by atoms with Crippen molar-refractivity contribution in [1.29, 1.82) is 0 Å². The molecule has 98 valence electrons. The van der Waals surface area contributed by atoms with Crippen LogP contribution in [-0.4, -0.2) is 5.97 Å². The molecule has 1 atom stereocenters. The van der Waals surface area contributed by atoms with Gasteiger partial charge < -0.3 is 4.74 Å². The van der Waals surface area contributed by atoms with Crippen molar-refractivity contribution < 1.29 is 9.53 Å². The second kappa shape index (κ2) is 6.02. The molecule has 0 saturated carbocycles. The summed E-state index contributed by atoms with van der Waals surface area (Å²) < 4.78 is 4.55. The number of ether oxygens (including phenoxy) is 1. The number of benzene rings is 2. The third-order valence-corrected chi connectivity index (χ3v) is 3.69. The number of carbonyl (C=O) groups is 1. The van der Waals surface area contributed by atoms with Crippen molar-refractivity contribution in [3.05, 3.63) is 71.8 Å². The van der Waals surface area contributed by atoms with Crippen molar-refractivity contribution in [2.45, 2.75) is 17.9 Å². The van der Waals surface area contributed by atoms with E-state index >= 15 is 0 Å². The third-order valence-electron chi connectivity index (χ3n) is 2.91. The standard InChI is InChI=1S/C16H15BrO2/c1-16(17,14-10-6-3-7-11-14)15(18)19-12-13-8-4-2-5-9-13/h2-11H,12H2,1H3. The van der Waals surface area contributed by atoms with Crippen LogP contribution in [0.1, 0.15) is 18.1 Å². The van der Waals surface area contributed by atoms with E-state index in [9.17, 15) is 4.79 Å². The number of carbonyl (C=O) groups excluding carboxylic acids is 1. The zero-order valence-corrected chi connectivity index (χ0v) is 12.3. The van der Waals surface area contributed by atoms with Crippen molar-refractivity contribution >= 4 is 21.9 Å². The molecular formula is C16H15BrO2. The summed E-state index contributed by atoms with van der Waals surface area (Å²) in [4.78, 5) is 12.2. The number of rotatable bonds is 4. The zero-order valence-electron chi connectivity index (χ0n) is 10.7. The van der Waals surface area contributed by atoms with Crippen LogP contribution < -0.4 is 0 Å². The zero-order chi connectivity index (χ0) is 13.7. The molecule has 0 bridgehead atoms. The fraction of sp³-hybridized carbons (Fsp3) is 0.188. The SMILES string of the molecule is CC(Br)(C(=O)OCc1ccccc1)c1ccccc1. The van der Waals surface area contributed by atoms with Gasteiger partial charge in [0.25, 0.3) is 0 Å². The van der Waals surface area contributed by atoms with E-state index in [0.717, 1.165) is 11.1 Å². The maximum atomic E-state index is 12.2. The van der Waals surface area contributed by atoms with Crippen LogP contribution in [0.15, 0.2) is 60.7 Å². The molecule has 0 aliphatic carbocycles. The maximum Gasteiger partial charge on any atom is 0.327 e. The Morgan fingerprint density at radius 2 is 1.58 bits per heavy atom. The maximum absolute atomic E-state index is 12.2. The molecule has 2 nitrogen and oxygen atoms in total. The topological polar surface area (TPSA) is 26.3 Å². The highest BCUT2D eigenvalue weighted by Crippen LogP contribution is 2.32. The van der Waals surface area contributed by atoms with Crippen molar-refractivity contribution in [3.8, 4) is 0 Å². The first-order valence-corrected chi connectivity index (χ1v) is 6.85. The van der Waals surface area contributed by atoms with E-state index in [-0.39, 0.29) is 12.6 Å². The largest absolute Gasteiger partial charge is 0.460 e. The lowest BCUT2D eigenvalue weighted by Gasteiger charge is -2.21. The van der Waals surface area contributed by atoms with E-state index in [0.29, 0.717) is 0 Å². The molecule has 0 aliphatic heterocycles. The fourth-order valence-corrected chi connectivity index (χ4v) is 2.11. The van der Waals surface area contributed by atoms with Crippen LogP contribution >= 0.6 is 15.9 Å². The molecule has 2 aromatic carbocycles. The lowest BCUT2D eigenvalue weighted by Crippen LogP contribution is -2.27. The molecule has 0 N–H and O–H groups in total. The molecule has 0 aromatic heterocycles. The van der Waals surface area contributed by atoms with Gasteiger partial charge in [-0.1, -0.05) is 76.6 Å². The summed E-state index contributed by atoms with van der Waals surface area (Å²) in [5.41, 5.74) is 1.86. The van der Waals surface area contributed by atoms with Gasteiger partial charge in [-0.25, -0.2) is 0 Å². The molecule has 1 unspecified atom stereocenters. The average molecular weight is 319 g/mol. The predicted molar refractivity (Wildman–Crippen MR) is 79.0 cm³/mol. The average Bonchev–Trinajstić information content (AvgIpc) is 2.46. The molecule has 0 spiro atoms. The minimum absolute atomic E-state index is 0.285. The number of halogens is 1. The van der Waals surface area contributed by atoms with Crippen molar-refractivity contribution in [1.82, 2.24) is 0 Å². The van der Waals surface area contributed by atoms with Crippen LogP contribution in [-0.2, 0) is 20.5 Å². The molecule has 3 heteroatoms. The lowest BCUT2D eigenvalue weighted by atomic mass is 10.0. The molecule has 0 amide bonds. The van der Waals surface area contributed by atoms with E-state index in [2.05, 4.69) is 15.9 Å². The van der Waals surface area contributed by atoms with Gasteiger partial charge in [0.15, 0.2) is 0 Å². The van der Waals surface area contributed by atoms with E-state index in [1.165, 1.54) is 0 Å². The molecule has 2 aromatic rings. The molecule has 2 rings (SSSR count). The van der Waals surface area contributed by atoms with Gasteiger partial charge in [-0.3, -0.25) is 4.79 Å². The second-order valence-corrected chi connectivity index (χ2v) is 6.02. The molecule has 0 aliphatic rings. The summed E-state index contributed by atoms with van der Waals surface area (Å²) in [6.45, 7) is 2.09. The van der Waals surface area contributed by atoms with Crippen LogP contribution in [0.25, 0.3) is 0 Å². The summed E-state index contributed by atoms with van der Waals surface area (Å²) in [5.74, 6) is -0.289. The van der Waals surface area contributed by atoms with Gasteiger partial charge >= 0.3 is 5.97 Å². The molecular weight excluding hydrogens is 304 g/mol. The highest BCUT2D eigenvalue weighted by molar-refractivity contribution is 9.10. The Labute approximate surface area is 121 Å². The van der Waals surface area contributed by atoms with Crippen molar-refractivity contribution in [2.75, 3.05) is 0 Å². The van der Waals surface area contributed by atoms with Gasteiger partial charge in [-0.2, -0.15) is 0 Å². The van der Waals surface area contributed by atoms with Gasteiger partial charge in [0.05, 0.1) is 0 Å². The van der Waals surface area contributed by atoms with Crippen molar-refractivity contribution in [2.24, 2.45) is 0 Å². The van der Waals surface area contributed by atoms with Gasteiger partial charge in [0, 0.05) is 0 Å². The highest BCUT2D eigenvalue weighted by Gasteiger charge is 2.33. The molecule has 0 radical (unpaired) electrons. The third kappa shape index (κ3) is 3.44. The first-order valence-electron chi connectivity index (χ1n) is 6.06. The Bertz CT molecular complexity index is 535. The molecule has 19 heavy (non-hydrogen) atoms. The van der Waals surface area contributed by atoms with Crippen LogP contribution in [0.4, 0.5) is 0 Å². The van der Waals surface area contributed by atoms with Gasteiger partial charge in [0.1, 0.15) is 10.9 Å². The fourth-order valence-electron chi connectivity index (χ4n) is 1.73. The van der Waals surface area contributed by atoms with Crippen LogP contribution in [0.2, 0.25) is 0 Å². The first kappa shape index (κ1) is 13.8. The summed E-state index contributed by atoms with van der Waals surface area (Å²) >= 11 is 3.45. The normalized spacial score (nSPS) is 13.6. The minimum atomic E-state index is -0.816. The summed E-state index contributed by atoms with van der Waals surface area (Å²) in [7, 11) is 0. The number of esters is 1. The quantitative estimate of drug-likeness (QED) is 0.628. The Kier molecular flexibility index (Phi) is 4.38. The Hall–Kier alpha value is -1.61. The highest BCUT2D eigenvalue weighted by atomic mass is 79.9. The smallest absolute Gasteiger partial charge is 0.327 e. The van der Waals surface area contributed by atoms with Crippen LogP contribution in [0, 0.1) is 0 Å². The van der Waals surface area contributed by atoms with Gasteiger partial charge in [0.2, 0.25) is 0 Å². The lowest BCUT2D eigenvalue weighted by molar-refractivity contribution is -0.147.